The summed E-state index contributed by atoms with van der Waals surface area (Å²) in [4.78, 5) is 13.9. The van der Waals surface area contributed by atoms with Gasteiger partial charge in [0.1, 0.15) is 18.8 Å². The van der Waals surface area contributed by atoms with Crippen molar-refractivity contribution in [2.75, 3.05) is 20.2 Å². The molecule has 7 heteroatoms. The fourth-order valence-corrected chi connectivity index (χ4v) is 2.50. The number of amides is 1. The molecule has 0 saturated heterocycles. The number of carbonyl (C=O) groups excluding carboxylic acids is 1. The standard InChI is InChI=1S/C16H20N4O3/c1-19(16(21)8-7-15-18-17-11-20(15)2)9-12-10-22-13-5-3-4-6-14(13)23-12/h3-6,11-12H,7-10H2,1-2H3/t12-/m0/s1. The minimum absolute atomic E-state index is 0.0514. The maximum absolute atomic E-state index is 12.2. The predicted molar refractivity (Wildman–Crippen MR) is 83.3 cm³/mol. The fourth-order valence-electron chi connectivity index (χ4n) is 2.50. The molecule has 2 aromatic rings. The van der Waals surface area contributed by atoms with E-state index in [-0.39, 0.29) is 12.0 Å². The second-order valence-corrected chi connectivity index (χ2v) is 5.63. The lowest BCUT2D eigenvalue weighted by molar-refractivity contribution is -0.131. The fraction of sp³-hybridized carbons (Fsp3) is 0.438. The summed E-state index contributed by atoms with van der Waals surface area (Å²) < 4.78 is 13.4. The van der Waals surface area contributed by atoms with E-state index in [0.717, 1.165) is 17.3 Å². The minimum Gasteiger partial charge on any atom is -0.486 e. The Morgan fingerprint density at radius 2 is 2.17 bits per heavy atom. The van der Waals surface area contributed by atoms with Crippen LogP contribution in [0.5, 0.6) is 11.5 Å². The molecule has 0 fully saturated rings. The molecule has 0 spiro atoms. The molecule has 0 unspecified atom stereocenters. The van der Waals surface area contributed by atoms with Gasteiger partial charge in [-0.15, -0.1) is 10.2 Å². The number of aryl methyl sites for hydroxylation is 2. The molecule has 3 rings (SSSR count). The van der Waals surface area contributed by atoms with Gasteiger partial charge in [-0.1, -0.05) is 12.1 Å². The van der Waals surface area contributed by atoms with Crippen molar-refractivity contribution in [2.24, 2.45) is 7.05 Å². The number of hydrogen-bond acceptors (Lipinski definition) is 5. The molecule has 1 amide bonds. The molecular formula is C16H20N4O3. The number of para-hydroxylation sites is 2. The maximum atomic E-state index is 12.2. The highest BCUT2D eigenvalue weighted by molar-refractivity contribution is 5.76. The van der Waals surface area contributed by atoms with Crippen molar-refractivity contribution in [1.29, 1.82) is 0 Å². The first-order valence-corrected chi connectivity index (χ1v) is 7.59. The predicted octanol–water partition coefficient (Wildman–Crippen LogP) is 1.05. The summed E-state index contributed by atoms with van der Waals surface area (Å²) in [7, 11) is 3.65. The molecule has 2 heterocycles. The Hall–Kier alpha value is -2.57. The van der Waals surface area contributed by atoms with Gasteiger partial charge in [0, 0.05) is 26.9 Å². The zero-order chi connectivity index (χ0) is 16.2. The molecule has 0 saturated carbocycles. The number of ether oxygens (including phenoxy) is 2. The molecule has 0 radical (unpaired) electrons. The van der Waals surface area contributed by atoms with Crippen LogP contribution < -0.4 is 9.47 Å². The number of nitrogens with zero attached hydrogens (tertiary/aromatic N) is 4. The molecule has 23 heavy (non-hydrogen) atoms. The van der Waals surface area contributed by atoms with Crippen LogP contribution in [-0.2, 0) is 18.3 Å². The quantitative estimate of drug-likeness (QED) is 0.824. The van der Waals surface area contributed by atoms with Gasteiger partial charge in [0.05, 0.1) is 6.54 Å². The van der Waals surface area contributed by atoms with Crippen LogP contribution in [-0.4, -0.2) is 51.9 Å². The van der Waals surface area contributed by atoms with Crippen LogP contribution in [0.1, 0.15) is 12.2 Å². The summed E-state index contributed by atoms with van der Waals surface area (Å²) in [5.41, 5.74) is 0. The Bertz CT molecular complexity index is 685. The second-order valence-electron chi connectivity index (χ2n) is 5.63. The van der Waals surface area contributed by atoms with Crippen LogP contribution >= 0.6 is 0 Å². The van der Waals surface area contributed by atoms with Crippen LogP contribution in [0.15, 0.2) is 30.6 Å². The molecule has 1 aromatic carbocycles. The molecule has 0 bridgehead atoms. The number of rotatable bonds is 5. The first kappa shape index (κ1) is 15.3. The molecule has 1 aliphatic rings. The third kappa shape index (κ3) is 3.61. The van der Waals surface area contributed by atoms with Crippen molar-refractivity contribution in [2.45, 2.75) is 18.9 Å². The zero-order valence-electron chi connectivity index (χ0n) is 13.3. The van der Waals surface area contributed by atoms with Crippen LogP contribution in [0.4, 0.5) is 0 Å². The largest absolute Gasteiger partial charge is 0.486 e. The smallest absolute Gasteiger partial charge is 0.222 e. The summed E-state index contributed by atoms with van der Waals surface area (Å²) in [6.45, 7) is 0.934. The zero-order valence-corrected chi connectivity index (χ0v) is 13.3. The van der Waals surface area contributed by atoms with Gasteiger partial charge >= 0.3 is 0 Å². The molecule has 0 aliphatic carbocycles. The summed E-state index contributed by atoms with van der Waals surface area (Å²) >= 11 is 0. The molecule has 0 N–H and O–H groups in total. The Kier molecular flexibility index (Phi) is 4.45. The number of carbonyl (C=O) groups is 1. The lowest BCUT2D eigenvalue weighted by Crippen LogP contribution is -2.41. The SMILES string of the molecule is CN(C[C@H]1COc2ccccc2O1)C(=O)CCc1nncn1C. The Morgan fingerprint density at radius 3 is 2.91 bits per heavy atom. The minimum atomic E-state index is -0.159. The third-order valence-corrected chi connectivity index (χ3v) is 3.84. The van der Waals surface area contributed by atoms with Crippen molar-refractivity contribution in [1.82, 2.24) is 19.7 Å². The monoisotopic (exact) mass is 316 g/mol. The van der Waals surface area contributed by atoms with Gasteiger partial charge in [0.2, 0.25) is 5.91 Å². The Balaban J connectivity index is 1.50. The Labute approximate surface area is 134 Å². The van der Waals surface area contributed by atoms with E-state index in [4.69, 9.17) is 9.47 Å². The molecule has 1 atom stereocenters. The van der Waals surface area contributed by atoms with Gasteiger partial charge in [-0.05, 0) is 12.1 Å². The van der Waals surface area contributed by atoms with Crippen molar-refractivity contribution in [3.8, 4) is 11.5 Å². The van der Waals surface area contributed by atoms with E-state index >= 15 is 0 Å². The van der Waals surface area contributed by atoms with Gasteiger partial charge in [-0.25, -0.2) is 0 Å². The molecule has 1 aromatic heterocycles. The van der Waals surface area contributed by atoms with Crippen LogP contribution in [0.2, 0.25) is 0 Å². The molecule has 7 nitrogen and oxygen atoms in total. The summed E-state index contributed by atoms with van der Waals surface area (Å²) in [5, 5.41) is 7.80. The van der Waals surface area contributed by atoms with Crippen molar-refractivity contribution in [3.05, 3.63) is 36.4 Å². The maximum Gasteiger partial charge on any atom is 0.222 e. The number of likely N-dealkylation sites (N-methyl/N-ethyl adjacent to an activating group) is 1. The van der Waals surface area contributed by atoms with Crippen LogP contribution in [0.25, 0.3) is 0 Å². The Morgan fingerprint density at radius 1 is 1.39 bits per heavy atom. The molecule has 1 aliphatic heterocycles. The van der Waals surface area contributed by atoms with Crippen LogP contribution in [0.3, 0.4) is 0 Å². The van der Waals surface area contributed by atoms with E-state index < -0.39 is 0 Å². The van der Waals surface area contributed by atoms with Crippen LogP contribution in [0, 0.1) is 0 Å². The van der Waals surface area contributed by atoms with Gasteiger partial charge in [-0.2, -0.15) is 0 Å². The average molecular weight is 316 g/mol. The van der Waals surface area contributed by atoms with E-state index in [9.17, 15) is 4.79 Å². The van der Waals surface area contributed by atoms with Gasteiger partial charge < -0.3 is 18.9 Å². The van der Waals surface area contributed by atoms with Crippen molar-refractivity contribution in [3.63, 3.8) is 0 Å². The normalized spacial score (nSPS) is 16.2. The first-order valence-electron chi connectivity index (χ1n) is 7.59. The van der Waals surface area contributed by atoms with Gasteiger partial charge in [-0.3, -0.25) is 4.79 Å². The third-order valence-electron chi connectivity index (χ3n) is 3.84. The summed E-state index contributed by atoms with van der Waals surface area (Å²) in [6.07, 6.45) is 2.44. The number of hydrogen-bond donors (Lipinski definition) is 0. The summed E-state index contributed by atoms with van der Waals surface area (Å²) in [5.74, 6) is 2.33. The number of benzene rings is 1. The van der Waals surface area contributed by atoms with Gasteiger partial charge in [0.25, 0.3) is 0 Å². The summed E-state index contributed by atoms with van der Waals surface area (Å²) in [6, 6.07) is 7.56. The highest BCUT2D eigenvalue weighted by atomic mass is 16.6. The average Bonchev–Trinajstić information content (AvgIpc) is 2.97. The van der Waals surface area contributed by atoms with Crippen molar-refractivity contribution >= 4 is 5.91 Å². The molecular weight excluding hydrogens is 296 g/mol. The first-order chi connectivity index (χ1) is 11.1. The van der Waals surface area contributed by atoms with E-state index in [1.807, 2.05) is 35.9 Å². The highest BCUT2D eigenvalue weighted by Gasteiger charge is 2.23. The van der Waals surface area contributed by atoms with Crippen molar-refractivity contribution < 1.29 is 14.3 Å². The lowest BCUT2D eigenvalue weighted by atomic mass is 10.2. The lowest BCUT2D eigenvalue weighted by Gasteiger charge is -2.29. The van der Waals surface area contributed by atoms with E-state index in [1.165, 1.54) is 0 Å². The number of aromatic nitrogens is 3. The second kappa shape index (κ2) is 6.68. The van der Waals surface area contributed by atoms with E-state index in [2.05, 4.69) is 10.2 Å². The van der Waals surface area contributed by atoms with Gasteiger partial charge in [0.15, 0.2) is 17.6 Å². The highest BCUT2D eigenvalue weighted by Crippen LogP contribution is 2.30. The topological polar surface area (TPSA) is 69.5 Å². The molecule has 122 valence electrons. The van der Waals surface area contributed by atoms with E-state index in [1.54, 1.807) is 18.3 Å². The number of fused-ring (bicyclic) bond motifs is 1. The van der Waals surface area contributed by atoms with E-state index in [0.29, 0.717) is 26.0 Å².